The molecule has 232 valence electrons. The number of rotatable bonds is 6. The molecule has 0 fully saturated rings. The quantitative estimate of drug-likeness (QED) is 0.171. The summed E-state index contributed by atoms with van der Waals surface area (Å²) in [4.78, 5) is 8.81. The van der Waals surface area contributed by atoms with E-state index in [0.717, 1.165) is 60.5 Å². The predicted octanol–water partition coefficient (Wildman–Crippen LogP) is 12.0. The van der Waals surface area contributed by atoms with E-state index in [1.165, 1.54) is 5.56 Å². The summed E-state index contributed by atoms with van der Waals surface area (Å²) in [5, 5.41) is 4.62. The Balaban J connectivity index is 1.19. The number of pyridine rings is 1. The SMILES string of the molecule is [2H]C([2H])([2H])C([2H])([2H])c1nc2ccccc2n1-c1cccc(-c2cccc(-c3c4ccccc4c(-c4ccc(-c5cccnc5)cc4)c4ccccc34)c2)c1. The molecule has 9 rings (SSSR count). The highest BCUT2D eigenvalue weighted by molar-refractivity contribution is 6.21. The van der Waals surface area contributed by atoms with Gasteiger partial charge < -0.3 is 0 Å². The Morgan fingerprint density at radius 3 is 1.82 bits per heavy atom. The van der Waals surface area contributed by atoms with Crippen LogP contribution < -0.4 is 0 Å². The van der Waals surface area contributed by atoms with E-state index in [9.17, 15) is 0 Å². The number of para-hydroxylation sites is 2. The maximum Gasteiger partial charge on any atom is 0.114 e. The summed E-state index contributed by atoms with van der Waals surface area (Å²) in [6.45, 7) is -2.91. The first-order valence-electron chi connectivity index (χ1n) is 18.8. The van der Waals surface area contributed by atoms with E-state index in [1.54, 1.807) is 16.8 Å². The molecular formula is C46H33N3. The second kappa shape index (κ2) is 12.0. The van der Waals surface area contributed by atoms with Crippen molar-refractivity contribution in [3.05, 3.63) is 176 Å². The fraction of sp³-hybridized carbons (Fsp3) is 0.0435. The Kier molecular flexibility index (Phi) is 5.88. The normalized spacial score (nSPS) is 13.5. The van der Waals surface area contributed by atoms with Gasteiger partial charge in [-0.1, -0.05) is 128 Å². The van der Waals surface area contributed by atoms with E-state index in [-0.39, 0.29) is 5.82 Å². The number of hydrogen-bond acceptors (Lipinski definition) is 2. The highest BCUT2D eigenvalue weighted by Gasteiger charge is 2.17. The van der Waals surface area contributed by atoms with Crippen molar-refractivity contribution in [2.24, 2.45) is 0 Å². The molecule has 0 aliphatic rings. The molecular weight excluding hydrogens is 595 g/mol. The highest BCUT2D eigenvalue weighted by Crippen LogP contribution is 2.44. The second-order valence-corrected chi connectivity index (χ2v) is 12.2. The van der Waals surface area contributed by atoms with Crippen LogP contribution in [0.25, 0.3) is 82.8 Å². The molecule has 0 saturated carbocycles. The standard InChI is InChI=1S/C46H33N3/c1-2-44-48-42-21-7-8-22-43(42)49(44)37-16-10-13-34(29-37)33-12-9-14-35(28-33)46-40-19-5-3-17-38(40)45(39-18-4-6-20-41(39)46)32-25-23-31(24-26-32)36-15-11-27-47-30-36/h3-30H,2H2,1H3/i1D3,2D2. The van der Waals surface area contributed by atoms with Gasteiger partial charge in [-0.2, -0.15) is 0 Å². The summed E-state index contributed by atoms with van der Waals surface area (Å²) >= 11 is 0. The largest absolute Gasteiger partial charge is 0.296 e. The summed E-state index contributed by atoms with van der Waals surface area (Å²) in [7, 11) is 0. The van der Waals surface area contributed by atoms with Gasteiger partial charge in [0.05, 0.1) is 11.0 Å². The van der Waals surface area contributed by atoms with Crippen LogP contribution in [-0.4, -0.2) is 14.5 Å². The third kappa shape index (κ3) is 4.99. The third-order valence-corrected chi connectivity index (χ3v) is 9.36. The van der Waals surface area contributed by atoms with Crippen molar-refractivity contribution in [1.29, 1.82) is 0 Å². The van der Waals surface area contributed by atoms with Gasteiger partial charge in [-0.15, -0.1) is 0 Å². The maximum absolute atomic E-state index is 8.65. The van der Waals surface area contributed by atoms with Crippen molar-refractivity contribution < 1.29 is 6.85 Å². The van der Waals surface area contributed by atoms with Crippen LogP contribution in [-0.2, 0) is 6.37 Å². The molecule has 0 aliphatic carbocycles. The Labute approximate surface area is 292 Å². The van der Waals surface area contributed by atoms with Crippen LogP contribution in [0.1, 0.15) is 19.5 Å². The first-order valence-corrected chi connectivity index (χ1v) is 16.3. The zero-order valence-electron chi connectivity index (χ0n) is 31.5. The van der Waals surface area contributed by atoms with E-state index in [1.807, 2.05) is 54.7 Å². The van der Waals surface area contributed by atoms with Crippen LogP contribution in [0.15, 0.2) is 170 Å². The molecule has 0 unspecified atom stereocenters. The number of aryl methyl sites for hydroxylation is 1. The molecule has 0 atom stereocenters. The summed E-state index contributed by atoms with van der Waals surface area (Å²) in [5.41, 5.74) is 10.4. The number of aromatic nitrogens is 3. The topological polar surface area (TPSA) is 30.7 Å². The van der Waals surface area contributed by atoms with Gasteiger partial charge in [-0.05, 0) is 102 Å². The van der Waals surface area contributed by atoms with Crippen molar-refractivity contribution in [3.8, 4) is 50.2 Å². The molecule has 0 N–H and O–H groups in total. The molecule has 0 spiro atoms. The van der Waals surface area contributed by atoms with Gasteiger partial charge in [0, 0.05) is 31.3 Å². The molecule has 0 saturated heterocycles. The molecule has 9 aromatic rings. The van der Waals surface area contributed by atoms with Crippen LogP contribution in [0.4, 0.5) is 0 Å². The molecule has 0 amide bonds. The van der Waals surface area contributed by atoms with Crippen molar-refractivity contribution >= 4 is 32.6 Å². The predicted molar refractivity (Wildman–Crippen MR) is 205 cm³/mol. The van der Waals surface area contributed by atoms with Crippen molar-refractivity contribution in [2.75, 3.05) is 0 Å². The second-order valence-electron chi connectivity index (χ2n) is 12.2. The molecule has 49 heavy (non-hydrogen) atoms. The molecule has 2 aromatic heterocycles. The number of benzene rings is 7. The Morgan fingerprint density at radius 2 is 1.12 bits per heavy atom. The molecule has 3 heteroatoms. The molecule has 7 aromatic carbocycles. The summed E-state index contributed by atoms with van der Waals surface area (Å²) in [6.07, 6.45) is 0.990. The van der Waals surface area contributed by atoms with E-state index in [0.29, 0.717) is 16.7 Å². The summed E-state index contributed by atoms with van der Waals surface area (Å²) < 4.78 is 43.0. The first kappa shape index (κ1) is 23.9. The lowest BCUT2D eigenvalue weighted by Crippen LogP contribution is -2.00. The Hall–Kier alpha value is -6.32. The number of fused-ring (bicyclic) bond motifs is 3. The van der Waals surface area contributed by atoms with E-state index >= 15 is 0 Å². The van der Waals surface area contributed by atoms with Crippen LogP contribution >= 0.6 is 0 Å². The van der Waals surface area contributed by atoms with Gasteiger partial charge in [-0.3, -0.25) is 9.55 Å². The van der Waals surface area contributed by atoms with E-state index in [2.05, 4.69) is 113 Å². The van der Waals surface area contributed by atoms with Crippen molar-refractivity contribution in [2.45, 2.75) is 13.2 Å². The van der Waals surface area contributed by atoms with Crippen molar-refractivity contribution in [3.63, 3.8) is 0 Å². The maximum atomic E-state index is 8.65. The average Bonchev–Trinajstić information content (AvgIpc) is 3.61. The monoisotopic (exact) mass is 632 g/mol. The fourth-order valence-electron chi connectivity index (χ4n) is 7.16. The Bertz CT molecular complexity index is 2780. The molecule has 0 radical (unpaired) electrons. The van der Waals surface area contributed by atoms with Gasteiger partial charge in [-0.25, -0.2) is 4.98 Å². The fourth-order valence-corrected chi connectivity index (χ4v) is 7.16. The van der Waals surface area contributed by atoms with Crippen LogP contribution in [0.3, 0.4) is 0 Å². The average molecular weight is 633 g/mol. The number of imidazole rings is 1. The first-order chi connectivity index (χ1) is 26.2. The van der Waals surface area contributed by atoms with Gasteiger partial charge in [0.25, 0.3) is 0 Å². The van der Waals surface area contributed by atoms with E-state index < -0.39 is 13.2 Å². The summed E-state index contributed by atoms with van der Waals surface area (Å²) in [5.74, 6) is -0.153. The Morgan fingerprint density at radius 1 is 0.531 bits per heavy atom. The van der Waals surface area contributed by atoms with Crippen LogP contribution in [0, 0.1) is 0 Å². The molecule has 3 nitrogen and oxygen atoms in total. The summed E-state index contributed by atoms with van der Waals surface area (Å²) in [6, 6.07) is 53.4. The minimum absolute atomic E-state index is 0.153. The van der Waals surface area contributed by atoms with Gasteiger partial charge >= 0.3 is 0 Å². The number of nitrogens with zero attached hydrogens (tertiary/aromatic N) is 3. The van der Waals surface area contributed by atoms with Crippen LogP contribution in [0.5, 0.6) is 0 Å². The lowest BCUT2D eigenvalue weighted by Gasteiger charge is -2.18. The van der Waals surface area contributed by atoms with Gasteiger partial charge in [0.2, 0.25) is 0 Å². The molecule has 0 bridgehead atoms. The number of hydrogen-bond donors (Lipinski definition) is 0. The smallest absolute Gasteiger partial charge is 0.114 e. The van der Waals surface area contributed by atoms with Gasteiger partial charge in [0.1, 0.15) is 5.82 Å². The third-order valence-electron chi connectivity index (χ3n) is 9.36. The van der Waals surface area contributed by atoms with Crippen LogP contribution in [0.2, 0.25) is 0 Å². The zero-order chi connectivity index (χ0) is 37.0. The molecule has 2 heterocycles. The lowest BCUT2D eigenvalue weighted by molar-refractivity contribution is 0.908. The minimum atomic E-state index is -2.91. The zero-order valence-corrected chi connectivity index (χ0v) is 26.5. The van der Waals surface area contributed by atoms with E-state index in [4.69, 9.17) is 6.85 Å². The van der Waals surface area contributed by atoms with Gasteiger partial charge in [0.15, 0.2) is 0 Å². The highest BCUT2D eigenvalue weighted by atomic mass is 15.1. The molecule has 0 aliphatic heterocycles. The lowest BCUT2D eigenvalue weighted by atomic mass is 9.85. The minimum Gasteiger partial charge on any atom is -0.296 e. The van der Waals surface area contributed by atoms with Crippen molar-refractivity contribution in [1.82, 2.24) is 14.5 Å².